The van der Waals surface area contributed by atoms with Crippen molar-refractivity contribution in [3.05, 3.63) is 0 Å². The minimum Gasteiger partial charge on any atom is -0.462 e. The van der Waals surface area contributed by atoms with Gasteiger partial charge in [-0.15, -0.1) is 0 Å². The number of rotatable bonds is 7. The van der Waals surface area contributed by atoms with Crippen LogP contribution in [0.2, 0.25) is 0 Å². The van der Waals surface area contributed by atoms with E-state index in [2.05, 4.69) is 25.3 Å². The van der Waals surface area contributed by atoms with Crippen molar-refractivity contribution in [2.24, 2.45) is 5.92 Å². The molecule has 0 aromatic carbocycles. The maximum atomic E-state index is 11.6. The second kappa shape index (κ2) is 8.93. The number of carbonyl (C=O) groups excluding carboxylic acids is 2. The lowest BCUT2D eigenvalue weighted by atomic mass is 9.77. The van der Waals surface area contributed by atoms with Crippen LogP contribution in [-0.4, -0.2) is 35.1 Å². The molecule has 1 aliphatic rings. The van der Waals surface area contributed by atoms with E-state index in [4.69, 9.17) is 9.47 Å². The standard InChI is InChI=1S/C15H26O4S2/c1-15(2,19-14(17)8-10-21)11-3-5-12(6-4-11)18-13(16)7-9-20/h11-12,20-21H,3-10H2,1-2H3. The van der Waals surface area contributed by atoms with Crippen LogP contribution in [0.4, 0.5) is 0 Å². The number of carbonyl (C=O) groups is 2. The Labute approximate surface area is 138 Å². The second-order valence-corrected chi connectivity index (χ2v) is 6.88. The predicted molar refractivity (Wildman–Crippen MR) is 88.9 cm³/mol. The number of hydrogen-bond acceptors (Lipinski definition) is 6. The summed E-state index contributed by atoms with van der Waals surface area (Å²) in [5, 5.41) is 0. The van der Waals surface area contributed by atoms with Gasteiger partial charge in [-0.1, -0.05) is 0 Å². The highest BCUT2D eigenvalue weighted by Crippen LogP contribution is 2.36. The van der Waals surface area contributed by atoms with Gasteiger partial charge in [0.25, 0.3) is 0 Å². The van der Waals surface area contributed by atoms with E-state index in [9.17, 15) is 9.59 Å². The number of thiol groups is 2. The molecule has 0 aliphatic heterocycles. The maximum absolute atomic E-state index is 11.6. The molecule has 0 amide bonds. The van der Waals surface area contributed by atoms with Gasteiger partial charge in [0.1, 0.15) is 11.7 Å². The molecule has 1 fully saturated rings. The normalized spacial score (nSPS) is 22.7. The predicted octanol–water partition coefficient (Wildman–Crippen LogP) is 3.05. The molecule has 0 N–H and O–H groups in total. The zero-order chi connectivity index (χ0) is 15.9. The first-order valence-electron chi connectivity index (χ1n) is 7.52. The Kier molecular flexibility index (Phi) is 7.95. The van der Waals surface area contributed by atoms with E-state index in [1.165, 1.54) is 0 Å². The lowest BCUT2D eigenvalue weighted by molar-refractivity contribution is -0.164. The summed E-state index contributed by atoms with van der Waals surface area (Å²) in [5.74, 6) is 0.955. The minimum atomic E-state index is -0.472. The van der Waals surface area contributed by atoms with E-state index >= 15 is 0 Å². The molecule has 0 unspecified atom stereocenters. The first-order chi connectivity index (χ1) is 9.89. The minimum absolute atomic E-state index is 0.00224. The van der Waals surface area contributed by atoms with Gasteiger partial charge >= 0.3 is 11.9 Å². The Morgan fingerprint density at radius 3 is 2.05 bits per heavy atom. The average Bonchev–Trinajstić information content (AvgIpc) is 2.39. The smallest absolute Gasteiger partial charge is 0.307 e. The third-order valence-electron chi connectivity index (χ3n) is 3.96. The average molecular weight is 335 g/mol. The van der Waals surface area contributed by atoms with Gasteiger partial charge in [0.2, 0.25) is 0 Å². The molecule has 4 nitrogen and oxygen atoms in total. The second-order valence-electron chi connectivity index (χ2n) is 5.99. The van der Waals surface area contributed by atoms with Gasteiger partial charge in [0.15, 0.2) is 0 Å². The number of esters is 2. The van der Waals surface area contributed by atoms with Crippen LogP contribution in [0.25, 0.3) is 0 Å². The molecule has 0 bridgehead atoms. The first-order valence-corrected chi connectivity index (χ1v) is 8.78. The van der Waals surface area contributed by atoms with Crippen LogP contribution >= 0.6 is 25.3 Å². The molecule has 6 heteroatoms. The monoisotopic (exact) mass is 334 g/mol. The summed E-state index contributed by atoms with van der Waals surface area (Å²) >= 11 is 8.07. The zero-order valence-corrected chi connectivity index (χ0v) is 14.6. The van der Waals surface area contributed by atoms with Gasteiger partial charge in [0, 0.05) is 11.5 Å². The highest BCUT2D eigenvalue weighted by atomic mass is 32.1. The molecular formula is C15H26O4S2. The SMILES string of the molecule is CC(C)(OC(=O)CCS)C1CCC(OC(=O)CCS)CC1. The van der Waals surface area contributed by atoms with Crippen LogP contribution in [0, 0.1) is 5.92 Å². The fraction of sp³-hybridized carbons (Fsp3) is 0.867. The van der Waals surface area contributed by atoms with Crippen molar-refractivity contribution < 1.29 is 19.1 Å². The Hall–Kier alpha value is -0.360. The molecule has 0 aromatic heterocycles. The Morgan fingerprint density at radius 2 is 1.52 bits per heavy atom. The van der Waals surface area contributed by atoms with Crippen molar-refractivity contribution in [3.8, 4) is 0 Å². The van der Waals surface area contributed by atoms with Crippen molar-refractivity contribution in [3.63, 3.8) is 0 Å². The molecular weight excluding hydrogens is 308 g/mol. The van der Waals surface area contributed by atoms with E-state index in [0.717, 1.165) is 25.7 Å². The van der Waals surface area contributed by atoms with Crippen LogP contribution in [0.3, 0.4) is 0 Å². The van der Waals surface area contributed by atoms with Crippen LogP contribution in [0.5, 0.6) is 0 Å². The topological polar surface area (TPSA) is 52.6 Å². The number of hydrogen-bond donors (Lipinski definition) is 2. The molecule has 0 spiro atoms. The summed E-state index contributed by atoms with van der Waals surface area (Å²) in [6, 6.07) is 0. The fourth-order valence-electron chi connectivity index (χ4n) is 2.73. The van der Waals surface area contributed by atoms with E-state index in [1.54, 1.807) is 0 Å². The Bertz CT molecular complexity index is 350. The maximum Gasteiger partial charge on any atom is 0.307 e. The molecule has 1 rings (SSSR count). The van der Waals surface area contributed by atoms with E-state index in [0.29, 0.717) is 30.3 Å². The fourth-order valence-corrected chi connectivity index (χ4v) is 3.10. The molecule has 122 valence electrons. The van der Waals surface area contributed by atoms with Crippen LogP contribution in [-0.2, 0) is 19.1 Å². The molecule has 0 radical (unpaired) electrons. The summed E-state index contributed by atoms with van der Waals surface area (Å²) in [4.78, 5) is 23.1. The van der Waals surface area contributed by atoms with Crippen molar-refractivity contribution in [1.82, 2.24) is 0 Å². The summed E-state index contributed by atoms with van der Waals surface area (Å²) < 4.78 is 11.0. The molecule has 1 aliphatic carbocycles. The van der Waals surface area contributed by atoms with Crippen molar-refractivity contribution in [2.45, 2.75) is 64.1 Å². The lowest BCUT2D eigenvalue weighted by Crippen LogP contribution is -2.40. The Balaban J connectivity index is 2.40. The van der Waals surface area contributed by atoms with E-state index < -0.39 is 5.60 Å². The molecule has 1 saturated carbocycles. The lowest BCUT2D eigenvalue weighted by Gasteiger charge is -2.38. The van der Waals surface area contributed by atoms with Crippen molar-refractivity contribution in [1.29, 1.82) is 0 Å². The van der Waals surface area contributed by atoms with Crippen LogP contribution < -0.4 is 0 Å². The summed E-state index contributed by atoms with van der Waals surface area (Å²) in [5.41, 5.74) is -0.472. The van der Waals surface area contributed by atoms with Gasteiger partial charge < -0.3 is 9.47 Å². The third kappa shape index (κ3) is 6.51. The van der Waals surface area contributed by atoms with Gasteiger partial charge in [-0.3, -0.25) is 9.59 Å². The number of ether oxygens (including phenoxy) is 2. The van der Waals surface area contributed by atoms with Crippen LogP contribution in [0.1, 0.15) is 52.4 Å². The van der Waals surface area contributed by atoms with E-state index in [-0.39, 0.29) is 18.0 Å². The van der Waals surface area contributed by atoms with Crippen molar-refractivity contribution >= 4 is 37.2 Å². The van der Waals surface area contributed by atoms with Crippen LogP contribution in [0.15, 0.2) is 0 Å². The highest BCUT2D eigenvalue weighted by molar-refractivity contribution is 7.80. The summed E-state index contributed by atoms with van der Waals surface area (Å²) in [6.45, 7) is 3.92. The van der Waals surface area contributed by atoms with Gasteiger partial charge in [-0.05, 0) is 45.4 Å². The van der Waals surface area contributed by atoms with E-state index in [1.807, 2.05) is 13.8 Å². The molecule has 21 heavy (non-hydrogen) atoms. The Morgan fingerprint density at radius 1 is 1.00 bits per heavy atom. The van der Waals surface area contributed by atoms with Crippen molar-refractivity contribution in [2.75, 3.05) is 11.5 Å². The highest BCUT2D eigenvalue weighted by Gasteiger charge is 2.36. The summed E-state index contributed by atoms with van der Waals surface area (Å²) in [7, 11) is 0. The molecule has 0 aromatic rings. The summed E-state index contributed by atoms with van der Waals surface area (Å²) in [6.07, 6.45) is 4.16. The molecule has 0 saturated heterocycles. The van der Waals surface area contributed by atoms with Gasteiger partial charge in [-0.2, -0.15) is 25.3 Å². The van der Waals surface area contributed by atoms with Gasteiger partial charge in [-0.25, -0.2) is 0 Å². The van der Waals surface area contributed by atoms with Gasteiger partial charge in [0.05, 0.1) is 12.8 Å². The molecule has 0 atom stereocenters. The zero-order valence-electron chi connectivity index (χ0n) is 12.8. The third-order valence-corrected chi connectivity index (χ3v) is 4.41. The largest absolute Gasteiger partial charge is 0.462 e. The first kappa shape index (κ1) is 18.7. The quantitative estimate of drug-likeness (QED) is 0.555. The molecule has 0 heterocycles.